The van der Waals surface area contributed by atoms with Crippen LogP contribution in [-0.4, -0.2) is 23.1 Å². The molecule has 4 bridgehead atoms. The zero-order valence-electron chi connectivity index (χ0n) is 28.3. The minimum Gasteiger partial charge on any atom is -0.299 e. The van der Waals surface area contributed by atoms with Gasteiger partial charge in [0, 0.05) is 35.5 Å². The predicted octanol–water partition coefficient (Wildman–Crippen LogP) is 8.51. The number of fused-ring (bicyclic) bond motifs is 6. The summed E-state index contributed by atoms with van der Waals surface area (Å²) in [7, 11) is 0. The first-order valence-corrected chi connectivity index (χ1v) is 17.4. The Morgan fingerprint density at radius 3 is 1.30 bits per heavy atom. The van der Waals surface area contributed by atoms with Crippen molar-refractivity contribution in [1.82, 2.24) is 0 Å². The fraction of sp³-hybridized carbons (Fsp3) is 0.700. The zero-order chi connectivity index (χ0) is 31.8. The predicted molar refractivity (Wildman–Crippen MR) is 172 cm³/mol. The summed E-state index contributed by atoms with van der Waals surface area (Å²) in [5, 5.41) is 0. The number of ketones is 4. The third-order valence-electron chi connectivity index (χ3n) is 14.9. The van der Waals surface area contributed by atoms with Crippen molar-refractivity contribution in [3.8, 4) is 0 Å². The maximum absolute atomic E-state index is 13.0. The van der Waals surface area contributed by atoms with Crippen LogP contribution >= 0.6 is 0 Å². The van der Waals surface area contributed by atoms with E-state index >= 15 is 0 Å². The molecule has 0 radical (unpaired) electrons. The maximum Gasteiger partial charge on any atom is 0.162 e. The fourth-order valence-corrected chi connectivity index (χ4v) is 12.5. The van der Waals surface area contributed by atoms with E-state index in [0.29, 0.717) is 36.2 Å². The minimum atomic E-state index is -0.429. The SMILES string of the molecule is CC1=C[C@@]23CC[C@@H]4C(C)(C)CCC(=O)[C@@]4(C)C2=CC(=O)[C@@H]1C3.CC1=C[C@]23CC[C@H]4C(C)(C)CCC(=O)[C@]4(C)C2=CC(=O)[C@H]1C3. The number of carbonyl (C=O) groups is 4. The Kier molecular flexibility index (Phi) is 6.29. The van der Waals surface area contributed by atoms with Crippen LogP contribution < -0.4 is 0 Å². The van der Waals surface area contributed by atoms with Crippen LogP contribution in [0.15, 0.2) is 46.6 Å². The van der Waals surface area contributed by atoms with Crippen molar-refractivity contribution in [1.29, 1.82) is 0 Å². The lowest BCUT2D eigenvalue weighted by atomic mass is 9.44. The Labute approximate surface area is 264 Å². The van der Waals surface area contributed by atoms with Gasteiger partial charge in [0.1, 0.15) is 11.6 Å². The van der Waals surface area contributed by atoms with Crippen molar-refractivity contribution in [2.75, 3.05) is 0 Å². The van der Waals surface area contributed by atoms with E-state index in [1.807, 2.05) is 12.2 Å². The second kappa shape index (κ2) is 9.13. The topological polar surface area (TPSA) is 68.3 Å². The van der Waals surface area contributed by atoms with Gasteiger partial charge in [0.15, 0.2) is 11.6 Å². The maximum atomic E-state index is 13.0. The monoisotopic (exact) mass is 596 g/mol. The van der Waals surface area contributed by atoms with Crippen LogP contribution in [0.25, 0.3) is 0 Å². The molecule has 8 aliphatic rings. The van der Waals surface area contributed by atoms with Crippen LogP contribution in [0.4, 0.5) is 0 Å². The molecule has 0 N–H and O–H groups in total. The van der Waals surface area contributed by atoms with Crippen molar-refractivity contribution in [2.24, 2.45) is 56.2 Å². The van der Waals surface area contributed by atoms with Gasteiger partial charge in [0.25, 0.3) is 0 Å². The molecule has 0 heterocycles. The summed E-state index contributed by atoms with van der Waals surface area (Å²) in [5.41, 5.74) is 4.27. The van der Waals surface area contributed by atoms with Crippen LogP contribution in [0.1, 0.15) is 120 Å². The molecule has 4 saturated carbocycles. The molecular weight excluding hydrogens is 544 g/mol. The van der Waals surface area contributed by atoms with E-state index < -0.39 is 10.8 Å². The summed E-state index contributed by atoms with van der Waals surface area (Å²) in [6.45, 7) is 17.7. The van der Waals surface area contributed by atoms with Crippen LogP contribution in [0.2, 0.25) is 0 Å². The summed E-state index contributed by atoms with van der Waals surface area (Å²) in [4.78, 5) is 51.1. The molecule has 4 heteroatoms. The van der Waals surface area contributed by atoms with Gasteiger partial charge in [-0.2, -0.15) is 0 Å². The van der Waals surface area contributed by atoms with Crippen molar-refractivity contribution >= 4 is 23.1 Å². The van der Waals surface area contributed by atoms with Gasteiger partial charge in [0.2, 0.25) is 0 Å². The van der Waals surface area contributed by atoms with Gasteiger partial charge >= 0.3 is 0 Å². The molecule has 0 unspecified atom stereocenters. The second-order valence-electron chi connectivity index (χ2n) is 17.9. The molecule has 8 rings (SSSR count). The highest BCUT2D eigenvalue weighted by molar-refractivity contribution is 6.01. The molecular formula is C40H52O4. The van der Waals surface area contributed by atoms with Crippen molar-refractivity contribution in [2.45, 2.75) is 120 Å². The van der Waals surface area contributed by atoms with Gasteiger partial charge in [0.05, 0.1) is 10.8 Å². The summed E-state index contributed by atoms with van der Waals surface area (Å²) in [6.07, 6.45) is 18.0. The lowest BCUT2D eigenvalue weighted by Crippen LogP contribution is -2.55. The Balaban J connectivity index is 0.000000142. The number of rotatable bonds is 0. The van der Waals surface area contributed by atoms with E-state index in [4.69, 9.17) is 0 Å². The molecule has 8 atom stereocenters. The van der Waals surface area contributed by atoms with Gasteiger partial charge in [-0.3, -0.25) is 19.2 Å². The molecule has 44 heavy (non-hydrogen) atoms. The lowest BCUT2D eigenvalue weighted by molar-refractivity contribution is -0.142. The highest BCUT2D eigenvalue weighted by Crippen LogP contribution is 2.69. The van der Waals surface area contributed by atoms with Crippen molar-refractivity contribution in [3.63, 3.8) is 0 Å². The van der Waals surface area contributed by atoms with Gasteiger partial charge < -0.3 is 0 Å². The lowest BCUT2D eigenvalue weighted by Gasteiger charge is -2.58. The average molecular weight is 597 g/mol. The summed E-state index contributed by atoms with van der Waals surface area (Å²) in [5.74, 6) is 2.10. The molecule has 0 aliphatic heterocycles. The smallest absolute Gasteiger partial charge is 0.162 e. The molecule has 236 valence electrons. The third kappa shape index (κ3) is 3.75. The standard InChI is InChI=1S/2C20H26O2/c2*1-12-10-20-8-5-15-18(2,3)7-6-17(22)19(15,4)16(20)9-14(21)13(12)11-20/h2*9-10,13,15H,5-8,11H2,1-4H3/t2*13-,15-,19-,20-/m10/s1. The Bertz CT molecular complexity index is 1420. The average Bonchev–Trinajstić information content (AvgIpc) is 3.39. The van der Waals surface area contributed by atoms with Gasteiger partial charge in [-0.25, -0.2) is 0 Å². The Morgan fingerprint density at radius 2 is 0.932 bits per heavy atom. The summed E-state index contributed by atoms with van der Waals surface area (Å²) < 4.78 is 0. The molecule has 0 amide bonds. The van der Waals surface area contributed by atoms with E-state index in [2.05, 4.69) is 67.5 Å². The first-order valence-electron chi connectivity index (χ1n) is 17.4. The number of hydrogen-bond donors (Lipinski definition) is 0. The quantitative estimate of drug-likeness (QED) is 0.263. The number of Topliss-reactive ketones (excluding diaryl/α,β-unsaturated/α-hetero) is 2. The molecule has 0 saturated heterocycles. The molecule has 0 aromatic heterocycles. The van der Waals surface area contributed by atoms with E-state index in [9.17, 15) is 19.2 Å². The molecule has 2 spiro atoms. The minimum absolute atomic E-state index is 0.00299. The third-order valence-corrected chi connectivity index (χ3v) is 14.9. The first kappa shape index (κ1) is 30.3. The van der Waals surface area contributed by atoms with Gasteiger partial charge in [-0.1, -0.05) is 51.0 Å². The number of allylic oxidation sites excluding steroid dienone is 8. The Morgan fingerprint density at radius 1 is 0.568 bits per heavy atom. The highest BCUT2D eigenvalue weighted by atomic mass is 16.1. The molecule has 0 aromatic rings. The van der Waals surface area contributed by atoms with Crippen molar-refractivity contribution < 1.29 is 19.2 Å². The number of hydrogen-bond acceptors (Lipinski definition) is 4. The van der Waals surface area contributed by atoms with E-state index in [0.717, 1.165) is 62.5 Å². The first-order chi connectivity index (χ1) is 20.4. The molecule has 8 aliphatic carbocycles. The van der Waals surface area contributed by atoms with Crippen LogP contribution in [0.3, 0.4) is 0 Å². The van der Waals surface area contributed by atoms with E-state index in [1.54, 1.807) is 0 Å². The summed E-state index contributed by atoms with van der Waals surface area (Å²) >= 11 is 0. The molecule has 4 nitrogen and oxygen atoms in total. The summed E-state index contributed by atoms with van der Waals surface area (Å²) in [6, 6.07) is 0. The molecule has 4 fully saturated rings. The largest absolute Gasteiger partial charge is 0.299 e. The molecule has 0 aromatic carbocycles. The van der Waals surface area contributed by atoms with Crippen LogP contribution in [0.5, 0.6) is 0 Å². The Hall–Kier alpha value is -2.36. The fourth-order valence-electron chi connectivity index (χ4n) is 12.5. The van der Waals surface area contributed by atoms with Crippen LogP contribution in [0, 0.1) is 56.2 Å². The zero-order valence-corrected chi connectivity index (χ0v) is 28.3. The normalized spacial score (nSPS) is 45.8. The van der Waals surface area contributed by atoms with Crippen LogP contribution in [-0.2, 0) is 19.2 Å². The second-order valence-corrected chi connectivity index (χ2v) is 17.9. The van der Waals surface area contributed by atoms with E-state index in [1.165, 1.54) is 11.1 Å². The highest BCUT2D eigenvalue weighted by Gasteiger charge is 2.64. The van der Waals surface area contributed by atoms with E-state index in [-0.39, 0.29) is 45.1 Å². The van der Waals surface area contributed by atoms with Gasteiger partial charge in [-0.05, 0) is 125 Å². The van der Waals surface area contributed by atoms with Crippen molar-refractivity contribution in [3.05, 3.63) is 46.6 Å². The van der Waals surface area contributed by atoms with Gasteiger partial charge in [-0.15, -0.1) is 0 Å². The number of carbonyl (C=O) groups excluding carboxylic acids is 4.